The van der Waals surface area contributed by atoms with Gasteiger partial charge in [-0.15, -0.1) is 6.42 Å². The highest BCUT2D eigenvalue weighted by Crippen LogP contribution is 2.11. The first-order valence-electron chi connectivity index (χ1n) is 6.41. The molecule has 19 heavy (non-hydrogen) atoms. The first-order valence-corrected chi connectivity index (χ1v) is 6.41. The summed E-state index contributed by atoms with van der Waals surface area (Å²) in [5.41, 5.74) is 0.493. The molecule has 2 rings (SSSR count). The molecule has 1 aliphatic rings. The molecule has 1 aromatic rings. The fourth-order valence-corrected chi connectivity index (χ4v) is 2.23. The lowest BCUT2D eigenvalue weighted by Crippen LogP contribution is -2.44. The molecule has 0 aliphatic carbocycles. The van der Waals surface area contributed by atoms with Crippen molar-refractivity contribution in [1.29, 1.82) is 0 Å². The Morgan fingerprint density at radius 1 is 1.37 bits per heavy atom. The summed E-state index contributed by atoms with van der Waals surface area (Å²) in [4.78, 5) is 14.1. The molecule has 0 unspecified atom stereocenters. The topological polar surface area (TPSA) is 32.3 Å². The van der Waals surface area contributed by atoms with Crippen LogP contribution in [0.4, 0.5) is 4.39 Å². The van der Waals surface area contributed by atoms with Gasteiger partial charge in [0.25, 0.3) is 5.91 Å². The van der Waals surface area contributed by atoms with Gasteiger partial charge >= 0.3 is 0 Å². The van der Waals surface area contributed by atoms with Crippen LogP contribution in [-0.2, 0) is 0 Å². The Kier molecular flexibility index (Phi) is 4.53. The molecule has 100 valence electrons. The fraction of sp³-hybridized carbons (Fsp3) is 0.400. The highest BCUT2D eigenvalue weighted by Gasteiger charge is 2.20. The second kappa shape index (κ2) is 6.35. The Hall–Kier alpha value is -1.86. The second-order valence-electron chi connectivity index (χ2n) is 4.73. The van der Waals surface area contributed by atoms with Crippen LogP contribution in [-0.4, -0.2) is 36.5 Å². The average Bonchev–Trinajstić information content (AvgIpc) is 2.42. The molecule has 1 amide bonds. The van der Waals surface area contributed by atoms with Crippen molar-refractivity contribution < 1.29 is 9.18 Å². The Labute approximate surface area is 112 Å². The van der Waals surface area contributed by atoms with Crippen LogP contribution < -0.4 is 5.32 Å². The van der Waals surface area contributed by atoms with Crippen LogP contribution in [0.5, 0.6) is 0 Å². The Balaban J connectivity index is 1.84. The lowest BCUT2D eigenvalue weighted by molar-refractivity contribution is 0.0914. The number of nitrogens with zero attached hydrogens (tertiary/aromatic N) is 1. The van der Waals surface area contributed by atoms with E-state index in [2.05, 4.69) is 16.1 Å². The molecule has 0 spiro atoms. The van der Waals surface area contributed by atoms with Gasteiger partial charge < -0.3 is 5.32 Å². The maximum Gasteiger partial charge on any atom is 0.251 e. The molecule has 1 aliphatic heterocycles. The van der Waals surface area contributed by atoms with E-state index in [9.17, 15) is 9.18 Å². The molecule has 0 saturated carbocycles. The summed E-state index contributed by atoms with van der Waals surface area (Å²) < 4.78 is 12.8. The van der Waals surface area contributed by atoms with Crippen molar-refractivity contribution in [3.63, 3.8) is 0 Å². The summed E-state index contributed by atoms with van der Waals surface area (Å²) in [5.74, 6) is 2.15. The minimum absolute atomic E-state index is 0.143. The molecule has 1 N–H and O–H groups in total. The van der Waals surface area contributed by atoms with E-state index < -0.39 is 0 Å². The zero-order chi connectivity index (χ0) is 13.7. The summed E-state index contributed by atoms with van der Waals surface area (Å²) in [6, 6.07) is 5.76. The Morgan fingerprint density at radius 3 is 2.58 bits per heavy atom. The predicted octanol–water partition coefficient (Wildman–Crippen LogP) is 1.65. The first kappa shape index (κ1) is 13.6. The molecule has 1 fully saturated rings. The number of halogens is 1. The highest BCUT2D eigenvalue weighted by atomic mass is 19.1. The molecule has 0 radical (unpaired) electrons. The van der Waals surface area contributed by atoms with Gasteiger partial charge in [0.1, 0.15) is 5.82 Å². The third kappa shape index (κ3) is 3.80. The normalized spacial score (nSPS) is 16.8. The molecular weight excluding hydrogens is 243 g/mol. The van der Waals surface area contributed by atoms with Crippen molar-refractivity contribution in [2.75, 3.05) is 19.6 Å². The third-order valence-corrected chi connectivity index (χ3v) is 3.34. The lowest BCUT2D eigenvalue weighted by Gasteiger charge is -2.31. The number of piperidine rings is 1. The summed E-state index contributed by atoms with van der Waals surface area (Å²) >= 11 is 0. The van der Waals surface area contributed by atoms with Crippen LogP contribution in [0.15, 0.2) is 24.3 Å². The number of hydrogen-bond donors (Lipinski definition) is 1. The van der Waals surface area contributed by atoms with Gasteiger partial charge in [-0.2, -0.15) is 0 Å². The van der Waals surface area contributed by atoms with Crippen LogP contribution in [0.2, 0.25) is 0 Å². The number of amides is 1. The van der Waals surface area contributed by atoms with E-state index in [1.165, 1.54) is 24.3 Å². The van der Waals surface area contributed by atoms with Crippen molar-refractivity contribution in [3.8, 4) is 12.3 Å². The number of hydrogen-bond acceptors (Lipinski definition) is 2. The van der Waals surface area contributed by atoms with Gasteiger partial charge in [0.2, 0.25) is 0 Å². The average molecular weight is 260 g/mol. The quantitative estimate of drug-likeness (QED) is 0.838. The van der Waals surface area contributed by atoms with Crippen molar-refractivity contribution in [1.82, 2.24) is 10.2 Å². The zero-order valence-corrected chi connectivity index (χ0v) is 10.7. The van der Waals surface area contributed by atoms with Crippen LogP contribution in [0.1, 0.15) is 23.2 Å². The number of nitrogens with one attached hydrogen (secondary N) is 1. The maximum absolute atomic E-state index is 12.8. The number of carbonyl (C=O) groups is 1. The summed E-state index contributed by atoms with van der Waals surface area (Å²) in [5, 5.41) is 2.98. The van der Waals surface area contributed by atoms with Gasteiger partial charge in [-0.05, 0) is 37.1 Å². The predicted molar refractivity (Wildman–Crippen MR) is 72.2 cm³/mol. The Morgan fingerprint density at radius 2 is 2.00 bits per heavy atom. The molecule has 4 heteroatoms. The third-order valence-electron chi connectivity index (χ3n) is 3.34. The SMILES string of the molecule is C#CCN1CCC(NC(=O)c2ccc(F)cc2)CC1. The van der Waals surface area contributed by atoms with Crippen LogP contribution in [0, 0.1) is 18.2 Å². The zero-order valence-electron chi connectivity index (χ0n) is 10.7. The van der Waals surface area contributed by atoms with E-state index in [-0.39, 0.29) is 17.8 Å². The largest absolute Gasteiger partial charge is 0.349 e. The van der Waals surface area contributed by atoms with E-state index in [4.69, 9.17) is 6.42 Å². The Bertz CT molecular complexity index is 470. The molecule has 3 nitrogen and oxygen atoms in total. The number of terminal acetylenes is 1. The van der Waals surface area contributed by atoms with E-state index in [1.54, 1.807) is 0 Å². The smallest absolute Gasteiger partial charge is 0.251 e. The lowest BCUT2D eigenvalue weighted by atomic mass is 10.0. The van der Waals surface area contributed by atoms with Gasteiger partial charge in [0.15, 0.2) is 0 Å². The van der Waals surface area contributed by atoms with Gasteiger partial charge in [-0.25, -0.2) is 4.39 Å². The minimum atomic E-state index is -0.334. The minimum Gasteiger partial charge on any atom is -0.349 e. The summed E-state index contributed by atoms with van der Waals surface area (Å²) in [6.07, 6.45) is 7.07. The molecular formula is C15H17FN2O. The van der Waals surface area contributed by atoms with Gasteiger partial charge in [-0.1, -0.05) is 5.92 Å². The summed E-state index contributed by atoms with van der Waals surface area (Å²) in [7, 11) is 0. The fourth-order valence-electron chi connectivity index (χ4n) is 2.23. The second-order valence-corrected chi connectivity index (χ2v) is 4.73. The van der Waals surface area contributed by atoms with Crippen molar-refractivity contribution in [2.24, 2.45) is 0 Å². The maximum atomic E-state index is 12.8. The monoisotopic (exact) mass is 260 g/mol. The standard InChI is InChI=1S/C15H17FN2O/c1-2-9-18-10-7-14(8-11-18)17-15(19)12-3-5-13(16)6-4-12/h1,3-6,14H,7-11H2,(H,17,19). The molecule has 0 aromatic heterocycles. The van der Waals surface area contributed by atoms with Gasteiger partial charge in [-0.3, -0.25) is 9.69 Å². The molecule has 0 atom stereocenters. The van der Waals surface area contributed by atoms with Crippen molar-refractivity contribution in [2.45, 2.75) is 18.9 Å². The number of likely N-dealkylation sites (tertiary alicyclic amines) is 1. The van der Waals surface area contributed by atoms with E-state index in [0.29, 0.717) is 12.1 Å². The van der Waals surface area contributed by atoms with Crippen LogP contribution in [0.25, 0.3) is 0 Å². The van der Waals surface area contributed by atoms with E-state index in [0.717, 1.165) is 25.9 Å². The molecule has 0 bridgehead atoms. The highest BCUT2D eigenvalue weighted by molar-refractivity contribution is 5.94. The van der Waals surface area contributed by atoms with Crippen LogP contribution >= 0.6 is 0 Å². The van der Waals surface area contributed by atoms with E-state index >= 15 is 0 Å². The first-order chi connectivity index (χ1) is 9.19. The van der Waals surface area contributed by atoms with Crippen molar-refractivity contribution >= 4 is 5.91 Å². The summed E-state index contributed by atoms with van der Waals surface area (Å²) in [6.45, 7) is 2.47. The van der Waals surface area contributed by atoms with Gasteiger partial charge in [0.05, 0.1) is 6.54 Å². The van der Waals surface area contributed by atoms with E-state index in [1.807, 2.05) is 0 Å². The van der Waals surface area contributed by atoms with Crippen molar-refractivity contribution in [3.05, 3.63) is 35.6 Å². The molecule has 1 heterocycles. The van der Waals surface area contributed by atoms with Crippen LogP contribution in [0.3, 0.4) is 0 Å². The number of carbonyl (C=O) groups excluding carboxylic acids is 1. The molecule has 1 aromatic carbocycles. The number of benzene rings is 1. The van der Waals surface area contributed by atoms with Gasteiger partial charge in [0, 0.05) is 24.7 Å². The molecule has 1 saturated heterocycles. The number of rotatable bonds is 3.